The predicted octanol–water partition coefficient (Wildman–Crippen LogP) is 1.72. The molecule has 0 radical (unpaired) electrons. The van der Waals surface area contributed by atoms with Crippen LogP contribution in [0.1, 0.15) is 52.4 Å². The van der Waals surface area contributed by atoms with Crippen molar-refractivity contribution in [3.05, 3.63) is 20.8 Å². The van der Waals surface area contributed by atoms with Gasteiger partial charge >= 0.3 is 5.69 Å². The molecule has 152 valence electrons. The summed E-state index contributed by atoms with van der Waals surface area (Å²) in [5.74, 6) is 0.448. The maximum Gasteiger partial charge on any atom is 0.330 e. The van der Waals surface area contributed by atoms with Gasteiger partial charge in [0, 0.05) is 33.2 Å². The molecule has 1 saturated carbocycles. The van der Waals surface area contributed by atoms with Gasteiger partial charge in [0.25, 0.3) is 5.56 Å². The molecule has 0 unspecified atom stereocenters. The van der Waals surface area contributed by atoms with Gasteiger partial charge in [-0.05, 0) is 31.1 Å². The molecule has 8 nitrogen and oxygen atoms in total. The lowest BCUT2D eigenvalue weighted by atomic mass is 10.0. The Bertz CT molecular complexity index is 747. The van der Waals surface area contributed by atoms with E-state index < -0.39 is 11.2 Å². The minimum Gasteiger partial charge on any atom is -0.385 e. The number of H-pyrrole nitrogens is 1. The second-order valence-electron chi connectivity index (χ2n) is 7.74. The van der Waals surface area contributed by atoms with E-state index in [1.54, 1.807) is 7.11 Å². The smallest absolute Gasteiger partial charge is 0.330 e. The van der Waals surface area contributed by atoms with Gasteiger partial charge in [-0.25, -0.2) is 4.79 Å². The highest BCUT2D eigenvalue weighted by Gasteiger charge is 2.27. The fraction of sp³-hybridized carbons (Fsp3) is 0.737. The molecule has 0 bridgehead atoms. The molecule has 1 aromatic rings. The van der Waals surface area contributed by atoms with Gasteiger partial charge < -0.3 is 15.4 Å². The van der Waals surface area contributed by atoms with Crippen LogP contribution in [-0.2, 0) is 16.1 Å². The van der Waals surface area contributed by atoms with E-state index >= 15 is 0 Å². The number of rotatable bonds is 9. The second-order valence-corrected chi connectivity index (χ2v) is 7.74. The average molecular weight is 380 g/mol. The Kier molecular flexibility index (Phi) is 7.65. The van der Waals surface area contributed by atoms with Gasteiger partial charge in [0.15, 0.2) is 5.69 Å². The van der Waals surface area contributed by atoms with Crippen molar-refractivity contribution in [1.29, 1.82) is 0 Å². The quantitative estimate of drug-likeness (QED) is 0.634. The van der Waals surface area contributed by atoms with Crippen LogP contribution in [0.5, 0.6) is 0 Å². The second kappa shape index (κ2) is 9.73. The normalized spacial score (nSPS) is 14.8. The Hall–Kier alpha value is -2.09. The number of hydrogen-bond donors (Lipinski definition) is 2. The zero-order chi connectivity index (χ0) is 20.0. The zero-order valence-corrected chi connectivity index (χ0v) is 16.6. The Morgan fingerprint density at radius 1 is 1.33 bits per heavy atom. The molecule has 1 aromatic heterocycles. The first-order chi connectivity index (χ1) is 12.8. The Balaban J connectivity index is 2.39. The van der Waals surface area contributed by atoms with Crippen LogP contribution in [-0.4, -0.2) is 35.7 Å². The molecule has 1 amide bonds. The van der Waals surface area contributed by atoms with Crippen molar-refractivity contribution in [1.82, 2.24) is 9.55 Å². The van der Waals surface area contributed by atoms with Gasteiger partial charge in [0.2, 0.25) is 5.91 Å². The molecule has 1 aliphatic carbocycles. The molecule has 0 aromatic carbocycles. The van der Waals surface area contributed by atoms with Crippen LogP contribution in [0.3, 0.4) is 0 Å². The van der Waals surface area contributed by atoms with Gasteiger partial charge in [-0.2, -0.15) is 0 Å². The maximum absolute atomic E-state index is 13.0. The first-order valence-electron chi connectivity index (χ1n) is 9.77. The van der Waals surface area contributed by atoms with Gasteiger partial charge in [-0.1, -0.05) is 26.7 Å². The predicted molar refractivity (Wildman–Crippen MR) is 106 cm³/mol. The summed E-state index contributed by atoms with van der Waals surface area (Å²) in [5.41, 5.74) is 5.12. The monoisotopic (exact) mass is 380 g/mol. The molecule has 0 aliphatic heterocycles. The van der Waals surface area contributed by atoms with E-state index in [4.69, 9.17) is 10.5 Å². The largest absolute Gasteiger partial charge is 0.385 e. The molecule has 1 fully saturated rings. The number of anilines is 2. The number of nitrogen functional groups attached to an aromatic ring is 1. The van der Waals surface area contributed by atoms with Crippen molar-refractivity contribution in [2.45, 2.75) is 58.9 Å². The van der Waals surface area contributed by atoms with Crippen LogP contribution in [0.25, 0.3) is 0 Å². The highest BCUT2D eigenvalue weighted by Crippen LogP contribution is 2.29. The fourth-order valence-electron chi connectivity index (χ4n) is 3.68. The zero-order valence-electron chi connectivity index (χ0n) is 16.6. The van der Waals surface area contributed by atoms with E-state index in [0.29, 0.717) is 38.5 Å². The van der Waals surface area contributed by atoms with Crippen LogP contribution in [0.15, 0.2) is 9.59 Å². The van der Waals surface area contributed by atoms with E-state index in [1.807, 2.05) is 13.8 Å². The standard InChI is InChI=1S/C19H32N4O4/c1-13(2)12-23-17(20)16(18(25)21-19(23)26)22(9-6-10-27-3)15(24)11-14-7-4-5-8-14/h13-14H,4-12,20H2,1-3H3,(H,21,25,26). The number of amides is 1. The molecular weight excluding hydrogens is 348 g/mol. The van der Waals surface area contributed by atoms with E-state index in [9.17, 15) is 14.4 Å². The minimum atomic E-state index is -0.616. The third-order valence-corrected chi connectivity index (χ3v) is 5.00. The van der Waals surface area contributed by atoms with Crippen LogP contribution in [0.4, 0.5) is 11.5 Å². The van der Waals surface area contributed by atoms with Crippen LogP contribution in [0, 0.1) is 11.8 Å². The van der Waals surface area contributed by atoms with Crippen molar-refractivity contribution in [2.24, 2.45) is 11.8 Å². The van der Waals surface area contributed by atoms with Crippen LogP contribution < -0.4 is 21.9 Å². The maximum atomic E-state index is 13.0. The fourth-order valence-corrected chi connectivity index (χ4v) is 3.68. The molecule has 0 saturated heterocycles. The van der Waals surface area contributed by atoms with Crippen molar-refractivity contribution in [3.63, 3.8) is 0 Å². The summed E-state index contributed by atoms with van der Waals surface area (Å²) in [6, 6.07) is 0. The number of nitrogens with zero attached hydrogens (tertiary/aromatic N) is 2. The van der Waals surface area contributed by atoms with Crippen molar-refractivity contribution < 1.29 is 9.53 Å². The highest BCUT2D eigenvalue weighted by atomic mass is 16.5. The number of nitrogens with two attached hydrogens (primary N) is 1. The topological polar surface area (TPSA) is 110 Å². The molecular formula is C19H32N4O4. The first kappa shape index (κ1) is 21.2. The summed E-state index contributed by atoms with van der Waals surface area (Å²) in [4.78, 5) is 41.5. The lowest BCUT2D eigenvalue weighted by Crippen LogP contribution is -2.42. The molecule has 0 spiro atoms. The SMILES string of the molecule is COCCCN(C(=O)CC1CCCC1)c1c(N)n(CC(C)C)c(=O)[nH]c1=O. The number of carbonyl (C=O) groups excluding carboxylic acids is 1. The van der Waals surface area contributed by atoms with Crippen LogP contribution >= 0.6 is 0 Å². The number of aromatic amines is 1. The molecule has 1 aliphatic rings. The number of nitrogens with one attached hydrogen (secondary N) is 1. The van der Waals surface area contributed by atoms with Gasteiger partial charge in [0.1, 0.15) is 5.82 Å². The number of methoxy groups -OCH3 is 1. The molecule has 0 atom stereocenters. The lowest BCUT2D eigenvalue weighted by molar-refractivity contribution is -0.119. The third-order valence-electron chi connectivity index (χ3n) is 5.00. The summed E-state index contributed by atoms with van der Waals surface area (Å²) in [7, 11) is 1.59. The molecule has 2 rings (SSSR count). The van der Waals surface area contributed by atoms with Gasteiger partial charge in [-0.3, -0.25) is 19.1 Å². The summed E-state index contributed by atoms with van der Waals surface area (Å²) >= 11 is 0. The number of aromatic nitrogens is 2. The molecule has 1 heterocycles. The van der Waals surface area contributed by atoms with Crippen molar-refractivity contribution in [2.75, 3.05) is 30.9 Å². The third kappa shape index (κ3) is 5.45. The summed E-state index contributed by atoms with van der Waals surface area (Å²) in [6.45, 7) is 5.08. The van der Waals surface area contributed by atoms with E-state index in [1.165, 1.54) is 9.47 Å². The first-order valence-corrected chi connectivity index (χ1v) is 9.77. The van der Waals surface area contributed by atoms with Gasteiger partial charge in [0.05, 0.1) is 0 Å². The molecule has 3 N–H and O–H groups in total. The summed E-state index contributed by atoms with van der Waals surface area (Å²) < 4.78 is 6.43. The average Bonchev–Trinajstić information content (AvgIpc) is 3.10. The molecule has 8 heteroatoms. The van der Waals surface area contributed by atoms with Crippen molar-refractivity contribution in [3.8, 4) is 0 Å². The number of hydrogen-bond acceptors (Lipinski definition) is 5. The van der Waals surface area contributed by atoms with E-state index in [2.05, 4.69) is 4.98 Å². The van der Waals surface area contributed by atoms with Crippen LogP contribution in [0.2, 0.25) is 0 Å². The Morgan fingerprint density at radius 3 is 2.59 bits per heavy atom. The van der Waals surface area contributed by atoms with E-state index in [0.717, 1.165) is 25.7 Å². The lowest BCUT2D eigenvalue weighted by Gasteiger charge is -2.26. The number of carbonyl (C=O) groups is 1. The van der Waals surface area contributed by atoms with Gasteiger partial charge in [-0.15, -0.1) is 0 Å². The van der Waals surface area contributed by atoms with Crippen molar-refractivity contribution >= 4 is 17.4 Å². The Labute approximate surface area is 159 Å². The van der Waals surface area contributed by atoms with E-state index in [-0.39, 0.29) is 23.3 Å². The number of ether oxygens (including phenoxy) is 1. The summed E-state index contributed by atoms with van der Waals surface area (Å²) in [5, 5.41) is 0. The minimum absolute atomic E-state index is 0.0506. The summed E-state index contributed by atoms with van der Waals surface area (Å²) in [6.07, 6.45) is 5.34. The Morgan fingerprint density at radius 2 is 2.00 bits per heavy atom. The molecule has 27 heavy (non-hydrogen) atoms. The highest BCUT2D eigenvalue weighted by molar-refractivity contribution is 5.95.